The molecule has 0 fully saturated rings. The van der Waals surface area contributed by atoms with Crippen LogP contribution in [-0.4, -0.2) is 89.5 Å². The zero-order chi connectivity index (χ0) is 24.8. The van der Waals surface area contributed by atoms with E-state index in [0.717, 1.165) is 25.7 Å². The minimum Gasteiger partial charge on any atom is -0.394 e. The summed E-state index contributed by atoms with van der Waals surface area (Å²) >= 11 is 0. The van der Waals surface area contributed by atoms with Crippen LogP contribution in [0.2, 0.25) is 0 Å². The van der Waals surface area contributed by atoms with Gasteiger partial charge in [-0.15, -0.1) is 0 Å². The van der Waals surface area contributed by atoms with E-state index >= 15 is 0 Å². The largest absolute Gasteiger partial charge is 0.394 e. The van der Waals surface area contributed by atoms with Crippen molar-refractivity contribution in [2.24, 2.45) is 0 Å². The summed E-state index contributed by atoms with van der Waals surface area (Å²) in [4.78, 5) is 0. The molecule has 0 aromatic carbocycles. The number of aliphatic hydroxyl groups is 3. The molecule has 0 bridgehead atoms. The fourth-order valence-corrected chi connectivity index (χ4v) is 6.82. The van der Waals surface area contributed by atoms with Crippen molar-refractivity contribution < 1.29 is 38.7 Å². The molecule has 0 aliphatic carbocycles. The molecule has 194 valence electrons. The van der Waals surface area contributed by atoms with Crippen LogP contribution in [-0.2, 0) is 23.3 Å². The van der Waals surface area contributed by atoms with E-state index in [1.54, 1.807) is 27.7 Å². The summed E-state index contributed by atoms with van der Waals surface area (Å²) in [5.41, 5.74) is 0. The maximum atomic E-state index is 13.0. The standard InChI is InChI=1S/C22H48O8P2/c1-7-28-19(16-24)20(25)22(6,30-8-2)32(27)14-12-10-9-11-13-31(26)21(4,5)17-29-18(3)15-23/h18-20,23-25,31-32H,7-17H2,1-6H3. The van der Waals surface area contributed by atoms with E-state index in [4.69, 9.17) is 19.3 Å². The summed E-state index contributed by atoms with van der Waals surface area (Å²) in [5.74, 6) is 0. The first kappa shape index (κ1) is 32.2. The van der Waals surface area contributed by atoms with Crippen LogP contribution >= 0.6 is 15.6 Å². The molecule has 6 unspecified atom stereocenters. The number of hydrogen-bond donors (Lipinski definition) is 3. The van der Waals surface area contributed by atoms with E-state index in [1.807, 2.05) is 13.8 Å². The second-order valence-electron chi connectivity index (χ2n) is 9.11. The summed E-state index contributed by atoms with van der Waals surface area (Å²) in [5, 5.41) is 27.6. The van der Waals surface area contributed by atoms with Crippen molar-refractivity contribution in [3.8, 4) is 0 Å². The van der Waals surface area contributed by atoms with Gasteiger partial charge in [0, 0.05) is 24.5 Å². The number of aliphatic hydroxyl groups excluding tert-OH is 3. The molecule has 8 nitrogen and oxygen atoms in total. The van der Waals surface area contributed by atoms with Gasteiger partial charge in [0.25, 0.3) is 0 Å². The number of hydrogen-bond acceptors (Lipinski definition) is 8. The van der Waals surface area contributed by atoms with Gasteiger partial charge in [-0.3, -0.25) is 0 Å². The zero-order valence-corrected chi connectivity index (χ0v) is 22.9. The first-order valence-corrected chi connectivity index (χ1v) is 15.1. The van der Waals surface area contributed by atoms with Gasteiger partial charge in [0.15, 0.2) is 0 Å². The smallest absolute Gasteiger partial charge is 0.144 e. The summed E-state index contributed by atoms with van der Waals surface area (Å²) in [6.45, 7) is 11.4. The number of ether oxygens (including phenoxy) is 3. The van der Waals surface area contributed by atoms with Gasteiger partial charge in [-0.05, 0) is 46.7 Å². The molecule has 0 rings (SSSR count). The van der Waals surface area contributed by atoms with Crippen molar-refractivity contribution in [3.63, 3.8) is 0 Å². The molecule has 0 heterocycles. The third-order valence-electron chi connectivity index (χ3n) is 5.77. The average Bonchev–Trinajstić information content (AvgIpc) is 2.77. The Bertz CT molecular complexity index is 546. The van der Waals surface area contributed by atoms with Crippen LogP contribution in [0.5, 0.6) is 0 Å². The van der Waals surface area contributed by atoms with Crippen LogP contribution in [0, 0.1) is 0 Å². The predicted molar refractivity (Wildman–Crippen MR) is 131 cm³/mol. The molecule has 0 radical (unpaired) electrons. The lowest BCUT2D eigenvalue weighted by Gasteiger charge is -2.37. The molecule has 3 N–H and O–H groups in total. The maximum Gasteiger partial charge on any atom is 0.144 e. The topological polar surface area (TPSA) is 123 Å². The molecule has 0 aromatic rings. The van der Waals surface area contributed by atoms with E-state index in [1.165, 1.54) is 0 Å². The molecule has 0 spiro atoms. The van der Waals surface area contributed by atoms with Crippen molar-refractivity contribution in [2.45, 2.75) is 96.0 Å². The third-order valence-corrected chi connectivity index (χ3v) is 10.6. The fraction of sp³-hybridized carbons (Fsp3) is 1.00. The number of unbranched alkanes of at least 4 members (excludes halogenated alkanes) is 3. The zero-order valence-electron chi connectivity index (χ0n) is 20.9. The van der Waals surface area contributed by atoms with Gasteiger partial charge in [0.05, 0.1) is 33.7 Å². The number of rotatable bonds is 20. The summed E-state index contributed by atoms with van der Waals surface area (Å²) < 4.78 is 42.3. The van der Waals surface area contributed by atoms with Crippen LogP contribution in [0.25, 0.3) is 0 Å². The van der Waals surface area contributed by atoms with Crippen LogP contribution in [0.15, 0.2) is 0 Å². The van der Waals surface area contributed by atoms with Crippen molar-refractivity contribution in [1.29, 1.82) is 0 Å². The van der Waals surface area contributed by atoms with Crippen LogP contribution in [0.3, 0.4) is 0 Å². The van der Waals surface area contributed by atoms with E-state index in [9.17, 15) is 19.3 Å². The first-order chi connectivity index (χ1) is 15.0. The third kappa shape index (κ3) is 11.1. The Kier molecular flexibility index (Phi) is 16.9. The molecular weight excluding hydrogens is 454 g/mol. The highest BCUT2D eigenvalue weighted by molar-refractivity contribution is 7.46. The van der Waals surface area contributed by atoms with Crippen molar-refractivity contribution >= 4 is 15.6 Å². The van der Waals surface area contributed by atoms with Crippen LogP contribution < -0.4 is 0 Å². The van der Waals surface area contributed by atoms with Crippen LogP contribution in [0.4, 0.5) is 0 Å². The van der Waals surface area contributed by atoms with E-state index in [2.05, 4.69) is 0 Å². The minimum atomic E-state index is -2.31. The Labute approximate surface area is 196 Å². The highest BCUT2D eigenvalue weighted by Crippen LogP contribution is 2.45. The predicted octanol–water partition coefficient (Wildman–Crippen LogP) is 3.35. The highest BCUT2D eigenvalue weighted by atomic mass is 31.1. The molecule has 6 atom stereocenters. The molecule has 0 aliphatic heterocycles. The van der Waals surface area contributed by atoms with E-state index in [0.29, 0.717) is 32.1 Å². The van der Waals surface area contributed by atoms with Gasteiger partial charge in [0.2, 0.25) is 0 Å². The molecule has 32 heavy (non-hydrogen) atoms. The van der Waals surface area contributed by atoms with Crippen molar-refractivity contribution in [1.82, 2.24) is 0 Å². The van der Waals surface area contributed by atoms with Gasteiger partial charge in [-0.25, -0.2) is 0 Å². The monoisotopic (exact) mass is 502 g/mol. The van der Waals surface area contributed by atoms with Gasteiger partial charge in [-0.1, -0.05) is 26.7 Å². The lowest BCUT2D eigenvalue weighted by molar-refractivity contribution is -0.132. The minimum absolute atomic E-state index is 0.0498. The average molecular weight is 503 g/mol. The Morgan fingerprint density at radius 2 is 1.41 bits per heavy atom. The van der Waals surface area contributed by atoms with E-state index < -0.39 is 38.3 Å². The second-order valence-corrected chi connectivity index (χ2v) is 14.1. The Hall–Kier alpha value is 0.220. The lowest BCUT2D eigenvalue weighted by Crippen LogP contribution is -2.49. The summed E-state index contributed by atoms with van der Waals surface area (Å²) in [6.07, 6.45) is 2.13. The van der Waals surface area contributed by atoms with Gasteiger partial charge in [-0.2, -0.15) is 0 Å². The summed E-state index contributed by atoms with van der Waals surface area (Å²) in [7, 11) is -4.14. The molecule has 0 aliphatic rings. The molecule has 10 heteroatoms. The maximum absolute atomic E-state index is 13.0. The lowest BCUT2D eigenvalue weighted by atomic mass is 10.1. The quantitative estimate of drug-likeness (QED) is 0.171. The molecule has 0 saturated carbocycles. The molecular formula is C22H48O8P2. The summed E-state index contributed by atoms with van der Waals surface area (Å²) in [6, 6.07) is 0. The SMILES string of the molecule is CCOC(CO)C(O)C(C)(OCC)[PH](=O)CCCCCC[PH](=O)C(C)(C)COC(C)CO. The highest BCUT2D eigenvalue weighted by Gasteiger charge is 2.43. The Morgan fingerprint density at radius 3 is 1.88 bits per heavy atom. The Morgan fingerprint density at radius 1 is 0.844 bits per heavy atom. The molecule has 0 saturated heterocycles. The molecule has 0 amide bonds. The fourth-order valence-electron chi connectivity index (χ4n) is 3.44. The van der Waals surface area contributed by atoms with Crippen molar-refractivity contribution in [3.05, 3.63) is 0 Å². The second kappa shape index (κ2) is 16.8. The van der Waals surface area contributed by atoms with Crippen molar-refractivity contribution in [2.75, 3.05) is 45.4 Å². The molecule has 0 aromatic heterocycles. The van der Waals surface area contributed by atoms with Gasteiger partial charge in [0.1, 0.15) is 25.4 Å². The Balaban J connectivity index is 4.49. The van der Waals surface area contributed by atoms with Gasteiger partial charge >= 0.3 is 0 Å². The normalized spacial score (nSPS) is 19.2. The van der Waals surface area contributed by atoms with Crippen LogP contribution in [0.1, 0.15) is 67.2 Å². The van der Waals surface area contributed by atoms with Gasteiger partial charge < -0.3 is 38.7 Å². The first-order valence-electron chi connectivity index (χ1n) is 11.8. The van der Waals surface area contributed by atoms with E-state index in [-0.39, 0.29) is 19.3 Å².